The summed E-state index contributed by atoms with van der Waals surface area (Å²) in [6, 6.07) is 9.51. The topological polar surface area (TPSA) is 63.9 Å². The molecule has 2 aromatic rings. The largest absolute Gasteiger partial charge is 0.508 e. The van der Waals surface area contributed by atoms with E-state index in [4.69, 9.17) is 0 Å². The van der Waals surface area contributed by atoms with Crippen LogP contribution in [0, 0.1) is 0 Å². The van der Waals surface area contributed by atoms with E-state index in [2.05, 4.69) is 11.8 Å². The van der Waals surface area contributed by atoms with Crippen LogP contribution in [0.25, 0.3) is 0 Å². The third-order valence-corrected chi connectivity index (χ3v) is 5.77. The lowest BCUT2D eigenvalue weighted by molar-refractivity contribution is 0.139. The van der Waals surface area contributed by atoms with Gasteiger partial charge >= 0.3 is 0 Å². The number of fused-ring (bicyclic) bond motifs is 5. The number of aryl methyl sites for hydroxylation is 1. The number of rotatable bonds is 3. The number of nitrogens with zero attached hydrogens (tertiary/aromatic N) is 1. The second-order valence-electron chi connectivity index (χ2n) is 7.33. The zero-order chi connectivity index (χ0) is 17.6. The van der Waals surface area contributed by atoms with Gasteiger partial charge in [-0.1, -0.05) is 19.4 Å². The average Bonchev–Trinajstić information content (AvgIpc) is 2.60. The summed E-state index contributed by atoms with van der Waals surface area (Å²) in [4.78, 5) is 2.53. The van der Waals surface area contributed by atoms with E-state index in [-0.39, 0.29) is 17.4 Å². The van der Waals surface area contributed by atoms with Crippen LogP contribution in [0.4, 0.5) is 0 Å². The molecule has 25 heavy (non-hydrogen) atoms. The van der Waals surface area contributed by atoms with E-state index in [0.29, 0.717) is 11.8 Å². The van der Waals surface area contributed by atoms with Crippen molar-refractivity contribution in [3.63, 3.8) is 0 Å². The second-order valence-corrected chi connectivity index (χ2v) is 7.33. The number of hydrogen-bond donors (Lipinski definition) is 3. The van der Waals surface area contributed by atoms with E-state index in [1.165, 1.54) is 5.56 Å². The van der Waals surface area contributed by atoms with Crippen LogP contribution in [0.5, 0.6) is 17.2 Å². The first-order valence-electron chi connectivity index (χ1n) is 9.19. The van der Waals surface area contributed by atoms with E-state index in [1.807, 2.05) is 12.1 Å². The molecule has 0 radical (unpaired) electrons. The molecule has 1 aliphatic carbocycles. The molecule has 0 saturated heterocycles. The standard InChI is InChI=1S/C21H25NO3/c1-2-3-8-22-12-14-9-15(23)5-6-16(14)21-17-11-20(25)19(24)10-13(17)4-7-18(21)22/h5-6,9-11,18,21,23-25H,2-4,7-8,12H2,1H3/t18-,21-/m1/s1. The Labute approximate surface area is 148 Å². The molecule has 0 amide bonds. The monoisotopic (exact) mass is 339 g/mol. The van der Waals surface area contributed by atoms with E-state index in [9.17, 15) is 15.3 Å². The molecule has 0 bridgehead atoms. The van der Waals surface area contributed by atoms with Gasteiger partial charge in [-0.15, -0.1) is 0 Å². The molecule has 1 aliphatic heterocycles. The second kappa shape index (κ2) is 6.26. The molecular formula is C21H25NO3. The number of benzene rings is 2. The van der Waals surface area contributed by atoms with Gasteiger partial charge in [0.2, 0.25) is 0 Å². The van der Waals surface area contributed by atoms with Crippen molar-refractivity contribution in [2.45, 2.75) is 51.1 Å². The Kier molecular flexibility index (Phi) is 4.08. The molecule has 1 heterocycles. The molecule has 4 rings (SSSR count). The van der Waals surface area contributed by atoms with Gasteiger partial charge in [0, 0.05) is 18.5 Å². The van der Waals surface area contributed by atoms with Crippen molar-refractivity contribution in [1.29, 1.82) is 0 Å². The van der Waals surface area contributed by atoms with E-state index in [0.717, 1.165) is 55.5 Å². The molecule has 0 unspecified atom stereocenters. The number of unbranched alkanes of at least 4 members (excludes halogenated alkanes) is 1. The molecular weight excluding hydrogens is 314 g/mol. The molecule has 0 saturated carbocycles. The van der Waals surface area contributed by atoms with Gasteiger partial charge in [0.25, 0.3) is 0 Å². The lowest BCUT2D eigenvalue weighted by Gasteiger charge is -2.46. The number of hydrogen-bond acceptors (Lipinski definition) is 4. The minimum Gasteiger partial charge on any atom is -0.508 e. The van der Waals surface area contributed by atoms with Crippen LogP contribution in [0.3, 0.4) is 0 Å². The highest BCUT2D eigenvalue weighted by molar-refractivity contribution is 5.54. The Morgan fingerprint density at radius 3 is 2.60 bits per heavy atom. The van der Waals surface area contributed by atoms with Gasteiger partial charge in [-0.25, -0.2) is 0 Å². The summed E-state index contributed by atoms with van der Waals surface area (Å²) >= 11 is 0. The molecule has 4 heteroatoms. The van der Waals surface area contributed by atoms with Crippen molar-refractivity contribution < 1.29 is 15.3 Å². The fourth-order valence-corrected chi connectivity index (χ4v) is 4.56. The van der Waals surface area contributed by atoms with Gasteiger partial charge in [-0.2, -0.15) is 0 Å². The van der Waals surface area contributed by atoms with Crippen LogP contribution < -0.4 is 0 Å². The Bertz CT molecular complexity index is 802. The summed E-state index contributed by atoms with van der Waals surface area (Å²) in [5.41, 5.74) is 4.63. The normalized spacial score (nSPS) is 22.1. The van der Waals surface area contributed by atoms with E-state index in [1.54, 1.807) is 18.2 Å². The van der Waals surface area contributed by atoms with Crippen molar-refractivity contribution >= 4 is 0 Å². The quantitative estimate of drug-likeness (QED) is 0.743. The van der Waals surface area contributed by atoms with E-state index < -0.39 is 0 Å². The average molecular weight is 339 g/mol. The van der Waals surface area contributed by atoms with Gasteiger partial charge in [-0.3, -0.25) is 4.90 Å². The van der Waals surface area contributed by atoms with Gasteiger partial charge < -0.3 is 15.3 Å². The van der Waals surface area contributed by atoms with Crippen molar-refractivity contribution in [2.75, 3.05) is 6.54 Å². The highest BCUT2D eigenvalue weighted by Gasteiger charge is 2.39. The first-order valence-corrected chi connectivity index (χ1v) is 9.19. The Morgan fingerprint density at radius 2 is 1.80 bits per heavy atom. The van der Waals surface area contributed by atoms with Gasteiger partial charge in [-0.05, 0) is 72.3 Å². The van der Waals surface area contributed by atoms with Crippen molar-refractivity contribution in [2.24, 2.45) is 0 Å². The summed E-state index contributed by atoms with van der Waals surface area (Å²) < 4.78 is 0. The van der Waals surface area contributed by atoms with Gasteiger partial charge in [0.15, 0.2) is 11.5 Å². The maximum atomic E-state index is 10.1. The summed E-state index contributed by atoms with van der Waals surface area (Å²) in [5.74, 6) is 0.390. The predicted octanol–water partition coefficient (Wildman–Crippen LogP) is 3.87. The maximum Gasteiger partial charge on any atom is 0.157 e. The SMILES string of the molecule is CCCCN1Cc2cc(O)ccc2[C@@H]2c3cc(O)c(O)cc3CC[C@H]21. The molecule has 132 valence electrons. The highest BCUT2D eigenvalue weighted by Crippen LogP contribution is 2.47. The zero-order valence-electron chi connectivity index (χ0n) is 14.6. The van der Waals surface area contributed by atoms with Crippen LogP contribution in [-0.2, 0) is 13.0 Å². The number of phenols is 3. The van der Waals surface area contributed by atoms with Crippen LogP contribution in [0.2, 0.25) is 0 Å². The molecule has 0 fully saturated rings. The molecule has 0 spiro atoms. The van der Waals surface area contributed by atoms with Crippen LogP contribution in [-0.4, -0.2) is 32.8 Å². The predicted molar refractivity (Wildman–Crippen MR) is 97.1 cm³/mol. The zero-order valence-corrected chi connectivity index (χ0v) is 14.6. The van der Waals surface area contributed by atoms with Crippen molar-refractivity contribution in [3.8, 4) is 17.2 Å². The third-order valence-electron chi connectivity index (χ3n) is 5.77. The minimum absolute atomic E-state index is 0.0400. The maximum absolute atomic E-state index is 10.1. The summed E-state index contributed by atoms with van der Waals surface area (Å²) in [6.07, 6.45) is 4.28. The Hall–Kier alpha value is -2.20. The van der Waals surface area contributed by atoms with Gasteiger partial charge in [0.05, 0.1) is 0 Å². The fraction of sp³-hybridized carbons (Fsp3) is 0.429. The van der Waals surface area contributed by atoms with Gasteiger partial charge in [0.1, 0.15) is 5.75 Å². The Morgan fingerprint density at radius 1 is 1.00 bits per heavy atom. The van der Waals surface area contributed by atoms with Crippen LogP contribution in [0.15, 0.2) is 30.3 Å². The first kappa shape index (κ1) is 16.3. The Balaban J connectivity index is 1.84. The molecule has 2 atom stereocenters. The highest BCUT2D eigenvalue weighted by atomic mass is 16.3. The lowest BCUT2D eigenvalue weighted by atomic mass is 9.71. The van der Waals surface area contributed by atoms with Crippen molar-refractivity contribution in [1.82, 2.24) is 4.90 Å². The van der Waals surface area contributed by atoms with Crippen LogP contribution >= 0.6 is 0 Å². The number of aromatic hydroxyl groups is 3. The summed E-state index contributed by atoms with van der Waals surface area (Å²) in [6.45, 7) is 4.12. The minimum atomic E-state index is -0.0505. The molecule has 3 N–H and O–H groups in total. The molecule has 2 aromatic carbocycles. The molecule has 0 aromatic heterocycles. The fourth-order valence-electron chi connectivity index (χ4n) is 4.56. The van der Waals surface area contributed by atoms with Crippen LogP contribution in [0.1, 0.15) is 54.4 Å². The smallest absolute Gasteiger partial charge is 0.157 e. The molecule has 4 nitrogen and oxygen atoms in total. The summed E-state index contributed by atoms with van der Waals surface area (Å²) in [5, 5.41) is 29.9. The first-order chi connectivity index (χ1) is 12.1. The summed E-state index contributed by atoms with van der Waals surface area (Å²) in [7, 11) is 0. The molecule has 2 aliphatic rings. The van der Waals surface area contributed by atoms with E-state index >= 15 is 0 Å². The lowest BCUT2D eigenvalue weighted by Crippen LogP contribution is -2.46. The number of phenolic OH excluding ortho intramolecular Hbond substituents is 3. The van der Waals surface area contributed by atoms with Crippen molar-refractivity contribution in [3.05, 3.63) is 52.6 Å². The third kappa shape index (κ3) is 2.74.